The van der Waals surface area contributed by atoms with Crippen molar-refractivity contribution < 1.29 is 9.90 Å². The van der Waals surface area contributed by atoms with Gasteiger partial charge in [-0.05, 0) is 62.2 Å². The molecular formula is C25H43NO2. The van der Waals surface area contributed by atoms with Crippen LogP contribution in [0.1, 0.15) is 117 Å². The van der Waals surface area contributed by atoms with Gasteiger partial charge < -0.3 is 5.11 Å². The number of rotatable bonds is 11. The molecule has 2 aliphatic rings. The summed E-state index contributed by atoms with van der Waals surface area (Å²) in [4.78, 5) is 11.1. The third kappa shape index (κ3) is 6.78. The van der Waals surface area contributed by atoms with Crippen LogP contribution in [0.3, 0.4) is 0 Å². The zero-order chi connectivity index (χ0) is 20.4. The largest absolute Gasteiger partial charge is 0.481 e. The van der Waals surface area contributed by atoms with E-state index >= 15 is 0 Å². The number of carboxylic acids is 1. The fraction of sp³-hybridized carbons (Fsp3) is 0.920. The SMILES string of the molecule is CCCCCCCCC1CCC(C2CCC(C#N)([C@H](C)CC(=O)O)CC2)CC1. The quantitative estimate of drug-likeness (QED) is 0.376. The maximum Gasteiger partial charge on any atom is 0.303 e. The molecular weight excluding hydrogens is 346 g/mol. The van der Waals surface area contributed by atoms with E-state index in [1.165, 1.54) is 70.6 Å². The lowest BCUT2D eigenvalue weighted by atomic mass is 9.60. The number of carbonyl (C=O) groups is 1. The minimum absolute atomic E-state index is 0.0380. The fourth-order valence-electron chi connectivity index (χ4n) is 5.96. The molecule has 2 saturated carbocycles. The highest BCUT2D eigenvalue weighted by atomic mass is 16.4. The molecule has 160 valence electrons. The van der Waals surface area contributed by atoms with Crippen LogP contribution in [0.5, 0.6) is 0 Å². The Balaban J connectivity index is 1.67. The monoisotopic (exact) mass is 389 g/mol. The molecule has 2 rings (SSSR count). The standard InChI is InChI=1S/C25H43NO2/c1-3-4-5-6-7-8-9-21-10-12-22(13-11-21)23-14-16-25(19-26,17-15-23)20(2)18-24(27)28/h20-23H,3-18H2,1-2H3,(H,27,28)/t20-,21?,22?,23?,25?/m1/s1. The van der Waals surface area contributed by atoms with Crippen molar-refractivity contribution in [1.29, 1.82) is 5.26 Å². The van der Waals surface area contributed by atoms with E-state index in [1.807, 2.05) is 6.92 Å². The number of hydrogen-bond acceptors (Lipinski definition) is 2. The van der Waals surface area contributed by atoms with Crippen molar-refractivity contribution in [3.63, 3.8) is 0 Å². The first-order valence-electron chi connectivity index (χ1n) is 12.1. The van der Waals surface area contributed by atoms with E-state index in [1.54, 1.807) is 0 Å². The molecule has 0 aromatic heterocycles. The van der Waals surface area contributed by atoms with Gasteiger partial charge in [0, 0.05) is 6.42 Å². The van der Waals surface area contributed by atoms with Gasteiger partial charge in [0.1, 0.15) is 0 Å². The molecule has 0 aromatic carbocycles. The predicted octanol–water partition coefficient (Wildman–Crippen LogP) is 7.35. The molecule has 0 bridgehead atoms. The number of aliphatic carboxylic acids is 1. The van der Waals surface area contributed by atoms with Gasteiger partial charge in [-0.15, -0.1) is 0 Å². The first-order chi connectivity index (χ1) is 13.5. The van der Waals surface area contributed by atoms with Crippen molar-refractivity contribution in [3.8, 4) is 6.07 Å². The highest BCUT2D eigenvalue weighted by Gasteiger charge is 2.42. The first-order valence-corrected chi connectivity index (χ1v) is 12.1. The van der Waals surface area contributed by atoms with E-state index in [0.29, 0.717) is 0 Å². The second-order valence-electron chi connectivity index (χ2n) is 9.94. The summed E-state index contributed by atoms with van der Waals surface area (Å²) in [5.41, 5.74) is -0.399. The minimum Gasteiger partial charge on any atom is -0.481 e. The van der Waals surface area contributed by atoms with E-state index in [9.17, 15) is 10.1 Å². The van der Waals surface area contributed by atoms with Crippen LogP contribution in [0.15, 0.2) is 0 Å². The lowest BCUT2D eigenvalue weighted by Crippen LogP contribution is -2.36. The van der Waals surface area contributed by atoms with Crippen LogP contribution in [-0.2, 0) is 4.79 Å². The Kier molecular flexibility index (Phi) is 9.83. The number of hydrogen-bond donors (Lipinski definition) is 1. The normalized spacial score (nSPS) is 31.8. The molecule has 0 unspecified atom stereocenters. The minimum atomic E-state index is -0.770. The Bertz CT molecular complexity index is 493. The first kappa shape index (κ1) is 23.2. The van der Waals surface area contributed by atoms with Crippen LogP contribution >= 0.6 is 0 Å². The van der Waals surface area contributed by atoms with Crippen molar-refractivity contribution >= 4 is 5.97 Å². The van der Waals surface area contributed by atoms with Crippen molar-refractivity contribution in [2.24, 2.45) is 29.1 Å². The second kappa shape index (κ2) is 11.8. The second-order valence-corrected chi connectivity index (χ2v) is 9.94. The molecule has 0 amide bonds. The molecule has 0 spiro atoms. The zero-order valence-electron chi connectivity index (χ0n) is 18.4. The van der Waals surface area contributed by atoms with Gasteiger partial charge in [-0.25, -0.2) is 0 Å². The fourth-order valence-corrected chi connectivity index (χ4v) is 5.96. The average Bonchev–Trinajstić information content (AvgIpc) is 2.70. The Morgan fingerprint density at radius 1 is 1.00 bits per heavy atom. The molecule has 0 radical (unpaired) electrons. The van der Waals surface area contributed by atoms with Crippen molar-refractivity contribution in [1.82, 2.24) is 0 Å². The van der Waals surface area contributed by atoms with E-state index in [-0.39, 0.29) is 12.3 Å². The maximum atomic E-state index is 11.1. The molecule has 3 nitrogen and oxygen atoms in total. The van der Waals surface area contributed by atoms with Gasteiger partial charge in [0.2, 0.25) is 0 Å². The van der Waals surface area contributed by atoms with Crippen LogP contribution < -0.4 is 0 Å². The summed E-state index contributed by atoms with van der Waals surface area (Å²) in [5, 5.41) is 18.9. The summed E-state index contributed by atoms with van der Waals surface area (Å²) in [6, 6.07) is 2.53. The molecule has 2 fully saturated rings. The predicted molar refractivity (Wildman–Crippen MR) is 115 cm³/mol. The van der Waals surface area contributed by atoms with E-state index in [2.05, 4.69) is 13.0 Å². The maximum absolute atomic E-state index is 11.1. The van der Waals surface area contributed by atoms with Crippen molar-refractivity contribution in [3.05, 3.63) is 0 Å². The Morgan fingerprint density at radius 3 is 2.14 bits per heavy atom. The molecule has 1 atom stereocenters. The number of unbranched alkanes of at least 4 members (excludes halogenated alkanes) is 5. The van der Waals surface area contributed by atoms with Crippen LogP contribution in [-0.4, -0.2) is 11.1 Å². The number of nitriles is 1. The lowest BCUT2D eigenvalue weighted by molar-refractivity contribution is -0.139. The van der Waals surface area contributed by atoms with Gasteiger partial charge in [0.25, 0.3) is 0 Å². The zero-order valence-corrected chi connectivity index (χ0v) is 18.4. The van der Waals surface area contributed by atoms with Crippen LogP contribution in [0.25, 0.3) is 0 Å². The van der Waals surface area contributed by atoms with Gasteiger partial charge in [-0.1, -0.05) is 71.6 Å². The highest BCUT2D eigenvalue weighted by molar-refractivity contribution is 5.67. The Labute approximate surface area is 173 Å². The highest BCUT2D eigenvalue weighted by Crippen LogP contribution is 2.49. The van der Waals surface area contributed by atoms with Gasteiger partial charge in [0.05, 0.1) is 11.5 Å². The molecule has 0 aromatic rings. The van der Waals surface area contributed by atoms with Gasteiger partial charge in [-0.3, -0.25) is 4.79 Å². The summed E-state index contributed by atoms with van der Waals surface area (Å²) in [6.07, 6.45) is 19.6. The summed E-state index contributed by atoms with van der Waals surface area (Å²) in [7, 11) is 0. The van der Waals surface area contributed by atoms with Crippen molar-refractivity contribution in [2.75, 3.05) is 0 Å². The topological polar surface area (TPSA) is 61.1 Å². The molecule has 0 aliphatic heterocycles. The molecule has 2 aliphatic carbocycles. The summed E-state index contributed by atoms with van der Waals surface area (Å²) < 4.78 is 0. The Hall–Kier alpha value is -1.04. The third-order valence-electron chi connectivity index (χ3n) is 8.09. The lowest BCUT2D eigenvalue weighted by Gasteiger charge is -2.43. The average molecular weight is 390 g/mol. The van der Waals surface area contributed by atoms with Crippen molar-refractivity contribution in [2.45, 2.75) is 117 Å². The molecule has 1 N–H and O–H groups in total. The Morgan fingerprint density at radius 2 is 1.57 bits per heavy atom. The van der Waals surface area contributed by atoms with Crippen LogP contribution in [0.2, 0.25) is 0 Å². The van der Waals surface area contributed by atoms with Gasteiger partial charge >= 0.3 is 5.97 Å². The van der Waals surface area contributed by atoms with Crippen LogP contribution in [0, 0.1) is 40.4 Å². The van der Waals surface area contributed by atoms with Gasteiger partial charge in [0.15, 0.2) is 0 Å². The van der Waals surface area contributed by atoms with Crippen LogP contribution in [0.4, 0.5) is 0 Å². The molecule has 0 saturated heterocycles. The third-order valence-corrected chi connectivity index (χ3v) is 8.09. The summed E-state index contributed by atoms with van der Waals surface area (Å²) in [6.45, 7) is 4.24. The molecule has 0 heterocycles. The number of carboxylic acid groups (broad SMARTS) is 1. The van der Waals surface area contributed by atoms with E-state index < -0.39 is 11.4 Å². The van der Waals surface area contributed by atoms with Gasteiger partial charge in [-0.2, -0.15) is 5.26 Å². The van der Waals surface area contributed by atoms with E-state index in [4.69, 9.17) is 5.11 Å². The number of nitrogens with zero attached hydrogens (tertiary/aromatic N) is 1. The summed E-state index contributed by atoms with van der Waals surface area (Å²) >= 11 is 0. The smallest absolute Gasteiger partial charge is 0.303 e. The molecule has 3 heteroatoms. The molecule has 28 heavy (non-hydrogen) atoms. The van der Waals surface area contributed by atoms with E-state index in [0.717, 1.165) is 43.4 Å². The summed E-state index contributed by atoms with van der Waals surface area (Å²) in [5.74, 6) is 1.78.